The summed E-state index contributed by atoms with van der Waals surface area (Å²) in [6.45, 7) is 8.69. The standard InChI is InChI=1S/C14H27N3O2/c1-4-7-15-10-13(18)16-12-5-8-17(9-6-12)14(19)11(2)3/h11-12,15H,4-10H2,1-3H3,(H,16,18). The van der Waals surface area contributed by atoms with E-state index in [1.54, 1.807) is 0 Å². The van der Waals surface area contributed by atoms with Gasteiger partial charge >= 0.3 is 0 Å². The number of carbonyl (C=O) groups excluding carboxylic acids is 2. The van der Waals surface area contributed by atoms with Crippen LogP contribution in [0.5, 0.6) is 0 Å². The summed E-state index contributed by atoms with van der Waals surface area (Å²) in [4.78, 5) is 25.4. The monoisotopic (exact) mass is 269 g/mol. The molecule has 1 rings (SSSR count). The highest BCUT2D eigenvalue weighted by molar-refractivity contribution is 5.79. The zero-order chi connectivity index (χ0) is 14.3. The molecule has 1 aliphatic rings. The Bertz CT molecular complexity index is 297. The largest absolute Gasteiger partial charge is 0.352 e. The number of nitrogens with one attached hydrogen (secondary N) is 2. The van der Waals surface area contributed by atoms with Crippen molar-refractivity contribution in [1.29, 1.82) is 0 Å². The summed E-state index contributed by atoms with van der Waals surface area (Å²) in [6, 6.07) is 0.215. The molecule has 0 aromatic carbocycles. The lowest BCUT2D eigenvalue weighted by Crippen LogP contribution is -2.49. The molecule has 1 fully saturated rings. The van der Waals surface area contributed by atoms with Crippen molar-refractivity contribution in [2.45, 2.75) is 46.1 Å². The summed E-state index contributed by atoms with van der Waals surface area (Å²) in [5.41, 5.74) is 0. The van der Waals surface area contributed by atoms with Gasteiger partial charge < -0.3 is 15.5 Å². The third-order valence-corrected chi connectivity index (χ3v) is 3.38. The van der Waals surface area contributed by atoms with Crippen LogP contribution in [0.15, 0.2) is 0 Å². The van der Waals surface area contributed by atoms with E-state index in [2.05, 4.69) is 17.6 Å². The molecule has 0 spiro atoms. The summed E-state index contributed by atoms with van der Waals surface area (Å²) in [5, 5.41) is 6.12. The molecule has 0 bridgehead atoms. The summed E-state index contributed by atoms with van der Waals surface area (Å²) in [5.74, 6) is 0.334. The Morgan fingerprint density at radius 3 is 2.42 bits per heavy atom. The van der Waals surface area contributed by atoms with Gasteiger partial charge in [0.1, 0.15) is 0 Å². The first-order valence-electron chi connectivity index (χ1n) is 7.33. The van der Waals surface area contributed by atoms with E-state index >= 15 is 0 Å². The third-order valence-electron chi connectivity index (χ3n) is 3.38. The average Bonchev–Trinajstić information content (AvgIpc) is 2.39. The van der Waals surface area contributed by atoms with E-state index < -0.39 is 0 Å². The number of piperidine rings is 1. The third kappa shape index (κ3) is 5.59. The maximum atomic E-state index is 11.8. The van der Waals surface area contributed by atoms with E-state index in [4.69, 9.17) is 0 Å². The van der Waals surface area contributed by atoms with E-state index in [0.717, 1.165) is 38.9 Å². The number of hydrogen-bond acceptors (Lipinski definition) is 3. The summed E-state index contributed by atoms with van der Waals surface area (Å²) in [7, 11) is 0. The number of rotatable bonds is 6. The van der Waals surface area contributed by atoms with Crippen LogP contribution in [0.1, 0.15) is 40.0 Å². The van der Waals surface area contributed by atoms with Crippen LogP contribution >= 0.6 is 0 Å². The Hall–Kier alpha value is -1.10. The lowest BCUT2D eigenvalue weighted by atomic mass is 10.0. The Labute approximate surface area is 116 Å². The lowest BCUT2D eigenvalue weighted by Gasteiger charge is -2.33. The van der Waals surface area contributed by atoms with Crippen LogP contribution in [0.2, 0.25) is 0 Å². The molecular weight excluding hydrogens is 242 g/mol. The smallest absolute Gasteiger partial charge is 0.234 e. The molecule has 0 aromatic heterocycles. The second-order valence-corrected chi connectivity index (χ2v) is 5.50. The molecule has 1 aliphatic heterocycles. The summed E-state index contributed by atoms with van der Waals surface area (Å²) in [6.07, 6.45) is 2.75. The molecule has 0 saturated carbocycles. The Kier molecular flexibility index (Phi) is 6.84. The second-order valence-electron chi connectivity index (χ2n) is 5.50. The highest BCUT2D eigenvalue weighted by atomic mass is 16.2. The molecule has 5 heteroatoms. The number of carbonyl (C=O) groups is 2. The lowest BCUT2D eigenvalue weighted by molar-refractivity contribution is -0.135. The molecule has 0 unspecified atom stereocenters. The van der Waals surface area contributed by atoms with Crippen LogP contribution in [0.3, 0.4) is 0 Å². The van der Waals surface area contributed by atoms with Crippen LogP contribution < -0.4 is 10.6 Å². The molecule has 0 aliphatic carbocycles. The topological polar surface area (TPSA) is 61.4 Å². The van der Waals surface area contributed by atoms with Crippen molar-refractivity contribution in [3.05, 3.63) is 0 Å². The van der Waals surface area contributed by atoms with Crippen molar-refractivity contribution in [3.8, 4) is 0 Å². The van der Waals surface area contributed by atoms with Crippen molar-refractivity contribution in [2.75, 3.05) is 26.2 Å². The molecule has 5 nitrogen and oxygen atoms in total. The minimum atomic E-state index is 0.0575. The Morgan fingerprint density at radius 1 is 1.26 bits per heavy atom. The first-order chi connectivity index (χ1) is 9.04. The summed E-state index contributed by atoms with van der Waals surface area (Å²) >= 11 is 0. The van der Waals surface area contributed by atoms with Gasteiger partial charge in [0.05, 0.1) is 6.54 Å². The Balaban J connectivity index is 2.23. The van der Waals surface area contributed by atoms with Gasteiger partial charge in [-0.05, 0) is 25.8 Å². The molecule has 1 heterocycles. The SMILES string of the molecule is CCCNCC(=O)NC1CCN(C(=O)C(C)C)CC1. The maximum absolute atomic E-state index is 11.8. The molecule has 0 aromatic rings. The van der Waals surface area contributed by atoms with Crippen LogP contribution in [0, 0.1) is 5.92 Å². The quantitative estimate of drug-likeness (QED) is 0.700. The number of likely N-dealkylation sites (tertiary alicyclic amines) is 1. The van der Waals surface area contributed by atoms with Crippen molar-refractivity contribution in [3.63, 3.8) is 0 Å². The van der Waals surface area contributed by atoms with Crippen molar-refractivity contribution >= 4 is 11.8 Å². The van der Waals surface area contributed by atoms with Gasteiger partial charge in [0.15, 0.2) is 0 Å². The molecule has 2 N–H and O–H groups in total. The minimum Gasteiger partial charge on any atom is -0.352 e. The molecule has 19 heavy (non-hydrogen) atoms. The second kappa shape index (κ2) is 8.15. The van der Waals surface area contributed by atoms with Gasteiger partial charge in [-0.1, -0.05) is 20.8 Å². The molecule has 2 amide bonds. The Morgan fingerprint density at radius 2 is 1.89 bits per heavy atom. The van der Waals surface area contributed by atoms with Crippen molar-refractivity contribution in [2.24, 2.45) is 5.92 Å². The van der Waals surface area contributed by atoms with Crippen LogP contribution in [0.25, 0.3) is 0 Å². The van der Waals surface area contributed by atoms with Gasteiger partial charge in [0.2, 0.25) is 11.8 Å². The first kappa shape index (κ1) is 16.0. The molecule has 1 saturated heterocycles. The minimum absolute atomic E-state index is 0.0575. The fourth-order valence-corrected chi connectivity index (χ4v) is 2.27. The molecule has 110 valence electrons. The number of nitrogens with zero attached hydrogens (tertiary/aromatic N) is 1. The van der Waals surface area contributed by atoms with Gasteiger partial charge in [-0.2, -0.15) is 0 Å². The van der Waals surface area contributed by atoms with Gasteiger partial charge in [0, 0.05) is 25.0 Å². The van der Waals surface area contributed by atoms with E-state index in [1.165, 1.54) is 0 Å². The average molecular weight is 269 g/mol. The van der Waals surface area contributed by atoms with Gasteiger partial charge in [-0.15, -0.1) is 0 Å². The van der Waals surface area contributed by atoms with Gasteiger partial charge in [-0.3, -0.25) is 9.59 Å². The fraction of sp³-hybridized carbons (Fsp3) is 0.857. The maximum Gasteiger partial charge on any atom is 0.234 e. The van der Waals surface area contributed by atoms with Gasteiger partial charge in [0.25, 0.3) is 0 Å². The fourth-order valence-electron chi connectivity index (χ4n) is 2.27. The normalized spacial score (nSPS) is 16.7. The predicted molar refractivity (Wildman–Crippen MR) is 75.7 cm³/mol. The summed E-state index contributed by atoms with van der Waals surface area (Å²) < 4.78 is 0. The van der Waals surface area contributed by atoms with E-state index in [9.17, 15) is 9.59 Å². The van der Waals surface area contributed by atoms with Crippen molar-refractivity contribution in [1.82, 2.24) is 15.5 Å². The zero-order valence-corrected chi connectivity index (χ0v) is 12.4. The van der Waals surface area contributed by atoms with Crippen LogP contribution in [-0.4, -0.2) is 48.9 Å². The van der Waals surface area contributed by atoms with E-state index in [1.807, 2.05) is 18.7 Å². The first-order valence-corrected chi connectivity index (χ1v) is 7.33. The van der Waals surface area contributed by atoms with Crippen LogP contribution in [-0.2, 0) is 9.59 Å². The highest BCUT2D eigenvalue weighted by Gasteiger charge is 2.24. The number of amides is 2. The van der Waals surface area contributed by atoms with E-state index in [0.29, 0.717) is 6.54 Å². The highest BCUT2D eigenvalue weighted by Crippen LogP contribution is 2.13. The van der Waals surface area contributed by atoms with E-state index in [-0.39, 0.29) is 23.8 Å². The molecule has 0 radical (unpaired) electrons. The number of hydrogen-bond donors (Lipinski definition) is 2. The van der Waals surface area contributed by atoms with Gasteiger partial charge in [-0.25, -0.2) is 0 Å². The molecular formula is C14H27N3O2. The zero-order valence-electron chi connectivity index (χ0n) is 12.4. The van der Waals surface area contributed by atoms with Crippen molar-refractivity contribution < 1.29 is 9.59 Å². The predicted octanol–water partition coefficient (Wildman–Crippen LogP) is 0.749. The van der Waals surface area contributed by atoms with Crippen LogP contribution in [0.4, 0.5) is 0 Å². The molecule has 0 atom stereocenters.